The molecule has 0 bridgehead atoms. The van der Waals surface area contributed by atoms with Crippen LogP contribution in [0, 0.1) is 0 Å². The molecule has 0 aromatic heterocycles. The first-order chi connectivity index (χ1) is 8.79. The quantitative estimate of drug-likeness (QED) is 0.780. The van der Waals surface area contributed by atoms with Gasteiger partial charge in [0.25, 0.3) is 0 Å². The average molecular weight is 241 g/mol. The van der Waals surface area contributed by atoms with E-state index in [9.17, 15) is 4.79 Å². The van der Waals surface area contributed by atoms with Crippen LogP contribution in [-0.4, -0.2) is 19.1 Å². The van der Waals surface area contributed by atoms with E-state index in [1.807, 2.05) is 12.1 Å². The van der Waals surface area contributed by atoms with E-state index in [0.717, 1.165) is 18.5 Å². The molecule has 1 heterocycles. The van der Waals surface area contributed by atoms with Crippen LogP contribution in [0.4, 0.5) is 5.69 Å². The fraction of sp³-hybridized carbons (Fsp3) is 0.267. The lowest BCUT2D eigenvalue weighted by Crippen LogP contribution is -2.34. The predicted octanol–water partition coefficient (Wildman–Crippen LogP) is 2.74. The Morgan fingerprint density at radius 2 is 2.11 bits per heavy atom. The van der Waals surface area contributed by atoms with E-state index in [4.69, 9.17) is 4.74 Å². The van der Waals surface area contributed by atoms with Gasteiger partial charge in [0.05, 0.1) is 7.11 Å². The third-order valence-electron chi connectivity index (χ3n) is 3.52. The minimum absolute atomic E-state index is 0.186. The van der Waals surface area contributed by atoms with Gasteiger partial charge in [-0.2, -0.15) is 0 Å². The van der Waals surface area contributed by atoms with Crippen molar-refractivity contribution in [1.29, 1.82) is 0 Å². The van der Waals surface area contributed by atoms with E-state index < -0.39 is 0 Å². The van der Waals surface area contributed by atoms with E-state index in [1.54, 1.807) is 0 Å². The van der Waals surface area contributed by atoms with Gasteiger partial charge in [0.15, 0.2) is 0 Å². The van der Waals surface area contributed by atoms with Crippen LogP contribution in [0.15, 0.2) is 36.4 Å². The number of methoxy groups -OCH3 is 1. The molecule has 1 unspecified atom stereocenters. The zero-order valence-corrected chi connectivity index (χ0v) is 10.3. The smallest absolute Gasteiger partial charge is 0.328 e. The van der Waals surface area contributed by atoms with Gasteiger partial charge in [-0.25, -0.2) is 4.79 Å². The Kier molecular flexibility index (Phi) is 2.67. The molecule has 18 heavy (non-hydrogen) atoms. The van der Waals surface area contributed by atoms with Crippen LogP contribution < -0.4 is 5.32 Å². The average Bonchev–Trinajstić information content (AvgIpc) is 2.45. The number of carbonyl (C=O) groups excluding carboxylic acids is 1. The van der Waals surface area contributed by atoms with Crippen LogP contribution in [0.25, 0.3) is 10.8 Å². The fourth-order valence-corrected chi connectivity index (χ4v) is 2.56. The molecule has 0 radical (unpaired) electrons. The van der Waals surface area contributed by atoms with Crippen molar-refractivity contribution >= 4 is 22.4 Å². The maximum Gasteiger partial charge on any atom is 0.328 e. The normalized spacial score (nSPS) is 17.9. The van der Waals surface area contributed by atoms with Crippen molar-refractivity contribution in [2.45, 2.75) is 18.9 Å². The molecule has 0 saturated carbocycles. The second kappa shape index (κ2) is 4.33. The Hall–Kier alpha value is -2.03. The molecule has 1 atom stereocenters. The number of ether oxygens (including phenoxy) is 1. The van der Waals surface area contributed by atoms with Gasteiger partial charge in [-0.3, -0.25) is 0 Å². The summed E-state index contributed by atoms with van der Waals surface area (Å²) in [4.78, 5) is 11.6. The number of esters is 1. The summed E-state index contributed by atoms with van der Waals surface area (Å²) in [5, 5.41) is 5.68. The number of carbonyl (C=O) groups is 1. The van der Waals surface area contributed by atoms with E-state index in [1.165, 1.54) is 23.4 Å². The first-order valence-corrected chi connectivity index (χ1v) is 6.14. The second-order valence-corrected chi connectivity index (χ2v) is 4.58. The Balaban J connectivity index is 2.07. The Morgan fingerprint density at radius 1 is 1.28 bits per heavy atom. The predicted molar refractivity (Wildman–Crippen MR) is 71.7 cm³/mol. The lowest BCUT2D eigenvalue weighted by molar-refractivity contribution is -0.141. The molecule has 1 aliphatic rings. The highest BCUT2D eigenvalue weighted by atomic mass is 16.5. The molecule has 0 fully saturated rings. The van der Waals surface area contributed by atoms with Gasteiger partial charge in [0.2, 0.25) is 0 Å². The maximum absolute atomic E-state index is 11.6. The standard InChI is InChI=1S/C15H15NO2/c1-18-15(17)13-9-8-11-7-6-10-4-2-3-5-12(10)14(11)16-13/h2-7,13,16H,8-9H2,1H3. The topological polar surface area (TPSA) is 38.3 Å². The Morgan fingerprint density at radius 3 is 2.94 bits per heavy atom. The summed E-state index contributed by atoms with van der Waals surface area (Å²) < 4.78 is 4.82. The molecule has 2 aromatic rings. The molecule has 0 saturated heterocycles. The van der Waals surface area contributed by atoms with E-state index in [-0.39, 0.29) is 12.0 Å². The Labute approximate surface area is 106 Å². The summed E-state index contributed by atoms with van der Waals surface area (Å²) >= 11 is 0. The van der Waals surface area contributed by atoms with Crippen molar-refractivity contribution in [2.24, 2.45) is 0 Å². The van der Waals surface area contributed by atoms with Crippen molar-refractivity contribution < 1.29 is 9.53 Å². The number of hydrogen-bond acceptors (Lipinski definition) is 3. The number of rotatable bonds is 1. The van der Waals surface area contributed by atoms with Gasteiger partial charge in [-0.15, -0.1) is 0 Å². The lowest BCUT2D eigenvalue weighted by atomic mass is 9.94. The summed E-state index contributed by atoms with van der Waals surface area (Å²) in [6.07, 6.45) is 1.70. The first-order valence-electron chi connectivity index (χ1n) is 6.14. The monoisotopic (exact) mass is 241 g/mol. The highest BCUT2D eigenvalue weighted by Crippen LogP contribution is 2.32. The molecule has 3 heteroatoms. The zero-order chi connectivity index (χ0) is 12.5. The molecular formula is C15H15NO2. The van der Waals surface area contributed by atoms with Gasteiger partial charge in [0, 0.05) is 11.1 Å². The molecular weight excluding hydrogens is 226 g/mol. The second-order valence-electron chi connectivity index (χ2n) is 4.58. The van der Waals surface area contributed by atoms with Crippen molar-refractivity contribution in [1.82, 2.24) is 0 Å². The van der Waals surface area contributed by atoms with E-state index in [0.29, 0.717) is 0 Å². The van der Waals surface area contributed by atoms with Crippen molar-refractivity contribution in [2.75, 3.05) is 12.4 Å². The lowest BCUT2D eigenvalue weighted by Gasteiger charge is -2.26. The highest BCUT2D eigenvalue weighted by Gasteiger charge is 2.25. The SMILES string of the molecule is COC(=O)C1CCc2ccc3ccccc3c2N1. The van der Waals surface area contributed by atoms with Gasteiger partial charge in [0.1, 0.15) is 6.04 Å². The van der Waals surface area contributed by atoms with Gasteiger partial charge >= 0.3 is 5.97 Å². The number of anilines is 1. The highest BCUT2D eigenvalue weighted by molar-refractivity contribution is 5.97. The fourth-order valence-electron chi connectivity index (χ4n) is 2.56. The Bertz CT molecular complexity index is 606. The van der Waals surface area contributed by atoms with Crippen LogP contribution >= 0.6 is 0 Å². The van der Waals surface area contributed by atoms with Crippen molar-refractivity contribution in [3.8, 4) is 0 Å². The van der Waals surface area contributed by atoms with Gasteiger partial charge in [-0.05, 0) is 23.8 Å². The number of fused-ring (bicyclic) bond motifs is 3. The molecule has 1 aliphatic heterocycles. The molecule has 3 nitrogen and oxygen atoms in total. The molecule has 2 aromatic carbocycles. The summed E-state index contributed by atoms with van der Waals surface area (Å²) in [6, 6.07) is 12.3. The molecule has 0 spiro atoms. The van der Waals surface area contributed by atoms with Gasteiger partial charge in [-0.1, -0.05) is 36.4 Å². The summed E-state index contributed by atoms with van der Waals surface area (Å²) in [5.41, 5.74) is 2.35. The molecule has 0 amide bonds. The first kappa shape index (κ1) is 11.1. The zero-order valence-electron chi connectivity index (χ0n) is 10.3. The van der Waals surface area contributed by atoms with Gasteiger partial charge < -0.3 is 10.1 Å². The molecule has 1 N–H and O–H groups in total. The number of nitrogens with one attached hydrogen (secondary N) is 1. The van der Waals surface area contributed by atoms with Crippen LogP contribution in [0.1, 0.15) is 12.0 Å². The summed E-state index contributed by atoms with van der Waals surface area (Å²) in [7, 11) is 1.43. The maximum atomic E-state index is 11.6. The molecule has 0 aliphatic carbocycles. The minimum Gasteiger partial charge on any atom is -0.467 e. The summed E-state index contributed by atoms with van der Waals surface area (Å²) in [6.45, 7) is 0. The molecule has 3 rings (SSSR count). The van der Waals surface area contributed by atoms with Crippen molar-refractivity contribution in [3.05, 3.63) is 42.0 Å². The summed E-state index contributed by atoms with van der Waals surface area (Å²) in [5.74, 6) is -0.186. The third-order valence-corrected chi connectivity index (χ3v) is 3.52. The van der Waals surface area contributed by atoms with Crippen LogP contribution in [0.2, 0.25) is 0 Å². The third kappa shape index (κ3) is 1.72. The number of aryl methyl sites for hydroxylation is 1. The number of benzene rings is 2. The van der Waals surface area contributed by atoms with E-state index >= 15 is 0 Å². The van der Waals surface area contributed by atoms with Crippen LogP contribution in [0.3, 0.4) is 0 Å². The van der Waals surface area contributed by atoms with Crippen LogP contribution in [0.5, 0.6) is 0 Å². The minimum atomic E-state index is -0.228. The molecule has 92 valence electrons. The van der Waals surface area contributed by atoms with E-state index in [2.05, 4.69) is 29.6 Å². The number of hydrogen-bond donors (Lipinski definition) is 1. The largest absolute Gasteiger partial charge is 0.467 e. The van der Waals surface area contributed by atoms with Crippen LogP contribution in [-0.2, 0) is 16.0 Å². The van der Waals surface area contributed by atoms with Crippen molar-refractivity contribution in [3.63, 3.8) is 0 Å².